The van der Waals surface area contributed by atoms with Crippen molar-refractivity contribution in [3.8, 4) is 0 Å². The van der Waals surface area contributed by atoms with Crippen molar-refractivity contribution in [3.05, 3.63) is 34.9 Å². The number of hydrogen-bond acceptors (Lipinski definition) is 3. The lowest BCUT2D eigenvalue weighted by atomic mass is 9.66. The highest BCUT2D eigenvalue weighted by Gasteiger charge is 2.48. The monoisotopic (exact) mass is 447 g/mol. The van der Waals surface area contributed by atoms with Crippen LogP contribution in [0.1, 0.15) is 103 Å². The van der Waals surface area contributed by atoms with Gasteiger partial charge in [0, 0.05) is 6.42 Å². The zero-order valence-corrected chi connectivity index (χ0v) is 21.3. The molecule has 1 aromatic rings. The van der Waals surface area contributed by atoms with E-state index in [1.165, 1.54) is 16.7 Å². The number of hydrogen-bond donors (Lipinski definition) is 1. The molecule has 0 aromatic heterocycles. The highest BCUT2D eigenvalue weighted by atomic mass is 32.2. The Bertz CT molecular complexity index is 826. The molecule has 2 atom stereocenters. The number of nitrogens with one attached hydrogen (secondary N) is 1. The number of esters is 1. The van der Waals surface area contributed by atoms with Crippen LogP contribution in [-0.4, -0.2) is 20.5 Å². The maximum atomic E-state index is 13.0. The molecule has 0 heterocycles. The summed E-state index contributed by atoms with van der Waals surface area (Å²) in [6.07, 6.45) is 6.93. The molecule has 0 aliphatic heterocycles. The molecule has 0 saturated heterocycles. The zero-order chi connectivity index (χ0) is 23.0. The van der Waals surface area contributed by atoms with Crippen molar-refractivity contribution in [1.29, 1.82) is 0 Å². The van der Waals surface area contributed by atoms with Crippen molar-refractivity contribution in [2.45, 2.75) is 110 Å². The van der Waals surface area contributed by atoms with E-state index in [2.05, 4.69) is 29.8 Å². The Morgan fingerprint density at radius 2 is 1.81 bits per heavy atom. The van der Waals surface area contributed by atoms with E-state index < -0.39 is 16.6 Å². The highest BCUT2D eigenvalue weighted by Crippen LogP contribution is 2.55. The van der Waals surface area contributed by atoms with Crippen molar-refractivity contribution in [2.24, 2.45) is 11.3 Å². The second kappa shape index (κ2) is 8.97. The minimum absolute atomic E-state index is 0.0864. The minimum atomic E-state index is -1.11. The number of fused-ring (bicyclic) bond motifs is 1. The van der Waals surface area contributed by atoms with Gasteiger partial charge in [0.25, 0.3) is 0 Å². The number of aryl methyl sites for hydroxylation is 1. The molecule has 5 heteroatoms. The van der Waals surface area contributed by atoms with E-state index in [9.17, 15) is 9.00 Å². The molecule has 1 spiro atoms. The summed E-state index contributed by atoms with van der Waals surface area (Å²) in [5.74, 6) is 0.481. The third-order valence-corrected chi connectivity index (χ3v) is 8.39. The minimum Gasteiger partial charge on any atom is -0.460 e. The van der Waals surface area contributed by atoms with Crippen LogP contribution in [0, 0.1) is 18.3 Å². The summed E-state index contributed by atoms with van der Waals surface area (Å²) < 4.78 is 21.8. The first-order valence-electron chi connectivity index (χ1n) is 11.8. The molecule has 31 heavy (non-hydrogen) atoms. The van der Waals surface area contributed by atoms with Gasteiger partial charge in [-0.1, -0.05) is 23.8 Å². The SMILES string of the molecule is Cc1ccc2c(c1)CC1(CCC(CCC(=O)OC(C)(C)C)CC1)[C@H]2N[S@](=O)C(C)(C)C. The van der Waals surface area contributed by atoms with Crippen molar-refractivity contribution < 1.29 is 13.7 Å². The topological polar surface area (TPSA) is 55.4 Å². The smallest absolute Gasteiger partial charge is 0.306 e. The lowest BCUT2D eigenvalue weighted by Gasteiger charge is -2.42. The average molecular weight is 448 g/mol. The second-order valence-corrected chi connectivity index (χ2v) is 13.7. The Morgan fingerprint density at radius 1 is 1.16 bits per heavy atom. The van der Waals surface area contributed by atoms with Crippen molar-refractivity contribution in [1.82, 2.24) is 4.72 Å². The van der Waals surface area contributed by atoms with Crippen LogP contribution < -0.4 is 4.72 Å². The molecule has 1 N–H and O–H groups in total. The van der Waals surface area contributed by atoms with E-state index in [0.717, 1.165) is 38.5 Å². The molecule has 1 saturated carbocycles. The third kappa shape index (κ3) is 5.98. The van der Waals surface area contributed by atoms with Crippen molar-refractivity contribution in [2.75, 3.05) is 0 Å². The van der Waals surface area contributed by atoms with Gasteiger partial charge >= 0.3 is 5.97 Å². The quantitative estimate of drug-likeness (QED) is 0.568. The molecule has 0 unspecified atom stereocenters. The molecule has 4 nitrogen and oxygen atoms in total. The predicted octanol–water partition coefficient (Wildman–Crippen LogP) is 5.94. The number of carbonyl (C=O) groups excluding carboxylic acids is 1. The Hall–Kier alpha value is -1.20. The van der Waals surface area contributed by atoms with Gasteiger partial charge in [-0.3, -0.25) is 4.79 Å². The molecule has 0 amide bonds. The molecular weight excluding hydrogens is 406 g/mol. The number of carbonyl (C=O) groups is 1. The highest BCUT2D eigenvalue weighted by molar-refractivity contribution is 7.84. The summed E-state index contributed by atoms with van der Waals surface area (Å²) in [4.78, 5) is 12.1. The maximum Gasteiger partial charge on any atom is 0.306 e. The lowest BCUT2D eigenvalue weighted by molar-refractivity contribution is -0.155. The van der Waals surface area contributed by atoms with Crippen LogP contribution >= 0.6 is 0 Å². The van der Waals surface area contributed by atoms with E-state index in [0.29, 0.717) is 12.3 Å². The maximum absolute atomic E-state index is 13.0. The number of benzene rings is 1. The Labute approximate surface area is 191 Å². The van der Waals surface area contributed by atoms with Crippen LogP contribution in [0.3, 0.4) is 0 Å². The summed E-state index contributed by atoms with van der Waals surface area (Å²) in [7, 11) is -1.11. The van der Waals surface area contributed by atoms with Crippen LogP contribution in [0.25, 0.3) is 0 Å². The summed E-state index contributed by atoms with van der Waals surface area (Å²) in [6, 6.07) is 6.87. The number of ether oxygens (including phenoxy) is 1. The first-order chi connectivity index (χ1) is 14.3. The van der Waals surface area contributed by atoms with Crippen molar-refractivity contribution >= 4 is 17.0 Å². The summed E-state index contributed by atoms with van der Waals surface area (Å²) in [5.41, 5.74) is 3.74. The van der Waals surface area contributed by atoms with Gasteiger partial charge < -0.3 is 4.74 Å². The molecule has 2 aliphatic carbocycles. The first kappa shape index (κ1) is 24.4. The molecule has 0 radical (unpaired) electrons. The van der Waals surface area contributed by atoms with Gasteiger partial charge in [0.2, 0.25) is 0 Å². The molecule has 3 rings (SSSR count). The Balaban J connectivity index is 1.69. The summed E-state index contributed by atoms with van der Waals surface area (Å²) in [5, 5.41) is 0. The van der Waals surface area contributed by atoms with Crippen LogP contribution in [-0.2, 0) is 26.9 Å². The van der Waals surface area contributed by atoms with E-state index in [1.807, 2.05) is 41.5 Å². The normalized spacial score (nSPS) is 27.2. The average Bonchev–Trinajstić information content (AvgIpc) is 2.91. The van der Waals surface area contributed by atoms with Crippen LogP contribution in [0.2, 0.25) is 0 Å². The lowest BCUT2D eigenvalue weighted by Crippen LogP contribution is -2.43. The van der Waals surface area contributed by atoms with Gasteiger partial charge in [0.15, 0.2) is 0 Å². The van der Waals surface area contributed by atoms with Gasteiger partial charge in [-0.2, -0.15) is 0 Å². The summed E-state index contributed by atoms with van der Waals surface area (Å²) in [6.45, 7) is 14.0. The fourth-order valence-electron chi connectivity index (χ4n) is 5.17. The largest absolute Gasteiger partial charge is 0.460 e. The Kier molecular flexibility index (Phi) is 7.08. The molecule has 1 fully saturated rings. The number of rotatable bonds is 5. The van der Waals surface area contributed by atoms with Gasteiger partial charge in [-0.15, -0.1) is 0 Å². The molecular formula is C26H41NO3S. The second-order valence-electron chi connectivity index (χ2n) is 11.7. The fourth-order valence-corrected chi connectivity index (χ4v) is 6.12. The molecule has 1 aromatic carbocycles. The third-order valence-electron chi connectivity index (χ3n) is 6.82. The predicted molar refractivity (Wildman–Crippen MR) is 128 cm³/mol. The van der Waals surface area contributed by atoms with E-state index in [-0.39, 0.29) is 22.2 Å². The van der Waals surface area contributed by atoms with Gasteiger partial charge in [-0.05, 0) is 109 Å². The van der Waals surface area contributed by atoms with Gasteiger partial charge in [0.1, 0.15) is 5.60 Å². The standard InChI is InChI=1S/C26H41NO3S/c1-18-8-10-21-20(16-18)17-26(23(21)27-31(29)25(5,6)7)14-12-19(13-15-26)9-11-22(28)30-24(2,3)4/h8,10,16,19,23,27H,9,11-15,17H2,1-7H3/t19?,23-,26?,31+/m0/s1. The van der Waals surface area contributed by atoms with Crippen molar-refractivity contribution in [3.63, 3.8) is 0 Å². The zero-order valence-electron chi connectivity index (χ0n) is 20.5. The van der Waals surface area contributed by atoms with Crippen LogP contribution in [0.5, 0.6) is 0 Å². The van der Waals surface area contributed by atoms with Crippen LogP contribution in [0.15, 0.2) is 18.2 Å². The van der Waals surface area contributed by atoms with E-state index in [1.54, 1.807) is 0 Å². The fraction of sp³-hybridized carbons (Fsp3) is 0.731. The van der Waals surface area contributed by atoms with Gasteiger partial charge in [-0.25, -0.2) is 8.93 Å². The van der Waals surface area contributed by atoms with Gasteiger partial charge in [0.05, 0.1) is 21.8 Å². The molecule has 174 valence electrons. The van der Waals surface area contributed by atoms with Crippen LogP contribution in [0.4, 0.5) is 0 Å². The Morgan fingerprint density at radius 3 is 2.39 bits per heavy atom. The molecule has 0 bridgehead atoms. The van der Waals surface area contributed by atoms with E-state index in [4.69, 9.17) is 4.74 Å². The molecule has 2 aliphatic rings. The van der Waals surface area contributed by atoms with E-state index >= 15 is 0 Å². The first-order valence-corrected chi connectivity index (χ1v) is 12.9. The summed E-state index contributed by atoms with van der Waals surface area (Å²) >= 11 is 0.